The molecule has 0 saturated heterocycles. The van der Waals surface area contributed by atoms with Gasteiger partial charge in [0.05, 0.1) is 5.92 Å². The van der Waals surface area contributed by atoms with E-state index in [9.17, 15) is 4.79 Å². The summed E-state index contributed by atoms with van der Waals surface area (Å²) < 4.78 is 5.73. The van der Waals surface area contributed by atoms with Crippen LogP contribution in [0.1, 0.15) is 87.8 Å². The van der Waals surface area contributed by atoms with Gasteiger partial charge in [-0.25, -0.2) is 0 Å². The fraction of sp³-hybridized carbons (Fsp3) is 0.720. The van der Waals surface area contributed by atoms with Crippen molar-refractivity contribution in [3.63, 3.8) is 0 Å². The average molecular weight is 371 g/mol. The van der Waals surface area contributed by atoms with Gasteiger partial charge in [-0.3, -0.25) is 4.79 Å². The number of benzene rings is 1. The molecule has 0 N–H and O–H groups in total. The monoisotopic (exact) mass is 370 g/mol. The summed E-state index contributed by atoms with van der Waals surface area (Å²) in [7, 11) is 0. The van der Waals surface area contributed by atoms with Crippen molar-refractivity contribution in [1.82, 2.24) is 0 Å². The summed E-state index contributed by atoms with van der Waals surface area (Å²) in [6.07, 6.45) is 13.0. The van der Waals surface area contributed by atoms with E-state index >= 15 is 0 Å². The highest BCUT2D eigenvalue weighted by Crippen LogP contribution is 2.37. The molecule has 2 saturated carbocycles. The van der Waals surface area contributed by atoms with Gasteiger partial charge in [-0.1, -0.05) is 45.4 Å². The van der Waals surface area contributed by atoms with Crippen LogP contribution in [0.4, 0.5) is 0 Å². The van der Waals surface area contributed by atoms with Gasteiger partial charge in [-0.15, -0.1) is 0 Å². The SMILES string of the molecule is Cc1cc(OC(=O)C2CCC(CCC3CCC(C)CC3)CC2)cc(C)c1C. The zero-order valence-electron chi connectivity index (χ0n) is 17.9. The maximum atomic E-state index is 12.6. The minimum atomic E-state index is -0.0163. The number of carbonyl (C=O) groups excluding carboxylic acids is 1. The maximum Gasteiger partial charge on any atom is 0.314 e. The predicted molar refractivity (Wildman–Crippen MR) is 112 cm³/mol. The number of hydrogen-bond acceptors (Lipinski definition) is 2. The van der Waals surface area contributed by atoms with Crippen LogP contribution in [-0.2, 0) is 4.79 Å². The molecule has 0 aromatic heterocycles. The molecule has 27 heavy (non-hydrogen) atoms. The number of carbonyl (C=O) groups is 1. The summed E-state index contributed by atoms with van der Waals surface area (Å²) in [4.78, 5) is 12.6. The Balaban J connectivity index is 1.41. The second-order valence-corrected chi connectivity index (χ2v) is 9.52. The van der Waals surface area contributed by atoms with Crippen LogP contribution in [0.5, 0.6) is 5.75 Å². The van der Waals surface area contributed by atoms with Crippen LogP contribution in [0.15, 0.2) is 12.1 Å². The first-order chi connectivity index (χ1) is 12.9. The van der Waals surface area contributed by atoms with Gasteiger partial charge in [0.1, 0.15) is 5.75 Å². The maximum absolute atomic E-state index is 12.6. The van der Waals surface area contributed by atoms with Crippen LogP contribution in [0.3, 0.4) is 0 Å². The predicted octanol–water partition coefficient (Wildman–Crippen LogP) is 6.93. The number of ether oxygens (including phenoxy) is 1. The highest BCUT2D eigenvalue weighted by Gasteiger charge is 2.28. The van der Waals surface area contributed by atoms with E-state index in [1.807, 2.05) is 12.1 Å². The Morgan fingerprint density at radius 3 is 1.85 bits per heavy atom. The lowest BCUT2D eigenvalue weighted by molar-refractivity contribution is -0.140. The molecule has 0 unspecified atom stereocenters. The molecule has 0 bridgehead atoms. The number of rotatable bonds is 5. The molecule has 0 aliphatic heterocycles. The van der Waals surface area contributed by atoms with Crippen molar-refractivity contribution in [3.8, 4) is 5.75 Å². The highest BCUT2D eigenvalue weighted by molar-refractivity contribution is 5.75. The van der Waals surface area contributed by atoms with E-state index in [2.05, 4.69) is 27.7 Å². The van der Waals surface area contributed by atoms with Gasteiger partial charge in [-0.05, 0) is 93.0 Å². The molecule has 0 amide bonds. The first kappa shape index (κ1) is 20.4. The van der Waals surface area contributed by atoms with Crippen molar-refractivity contribution < 1.29 is 9.53 Å². The van der Waals surface area contributed by atoms with Gasteiger partial charge < -0.3 is 4.74 Å². The molecule has 0 heterocycles. The summed E-state index contributed by atoms with van der Waals surface area (Å²) in [5.41, 5.74) is 3.67. The van der Waals surface area contributed by atoms with Crippen LogP contribution in [-0.4, -0.2) is 5.97 Å². The smallest absolute Gasteiger partial charge is 0.314 e. The van der Waals surface area contributed by atoms with E-state index < -0.39 is 0 Å². The molecule has 2 fully saturated rings. The number of esters is 1. The fourth-order valence-corrected chi connectivity index (χ4v) is 5.03. The Morgan fingerprint density at radius 1 is 0.852 bits per heavy atom. The van der Waals surface area contributed by atoms with Crippen LogP contribution < -0.4 is 4.74 Å². The van der Waals surface area contributed by atoms with Crippen molar-refractivity contribution in [2.75, 3.05) is 0 Å². The molecule has 3 rings (SSSR count). The summed E-state index contributed by atoms with van der Waals surface area (Å²) in [6, 6.07) is 3.99. The molecule has 2 heteroatoms. The molecule has 0 atom stereocenters. The van der Waals surface area contributed by atoms with E-state index in [1.54, 1.807) is 0 Å². The van der Waals surface area contributed by atoms with Crippen LogP contribution in [0.25, 0.3) is 0 Å². The lowest BCUT2D eigenvalue weighted by Gasteiger charge is -2.30. The molecule has 0 spiro atoms. The summed E-state index contributed by atoms with van der Waals surface area (Å²) >= 11 is 0. The Bertz CT molecular complexity index is 609. The molecular formula is C25H38O2. The normalized spacial score (nSPS) is 28.7. The lowest BCUT2D eigenvalue weighted by Crippen LogP contribution is -2.26. The number of hydrogen-bond donors (Lipinski definition) is 0. The zero-order chi connectivity index (χ0) is 19.4. The second-order valence-electron chi connectivity index (χ2n) is 9.52. The summed E-state index contributed by atoms with van der Waals surface area (Å²) in [6.45, 7) is 8.68. The van der Waals surface area contributed by atoms with E-state index in [4.69, 9.17) is 4.74 Å². The zero-order valence-corrected chi connectivity index (χ0v) is 17.9. The lowest BCUT2D eigenvalue weighted by atomic mass is 9.76. The summed E-state index contributed by atoms with van der Waals surface area (Å²) in [5.74, 6) is 3.54. The molecule has 0 radical (unpaired) electrons. The first-order valence-corrected chi connectivity index (χ1v) is 11.2. The quantitative estimate of drug-likeness (QED) is 0.415. The van der Waals surface area contributed by atoms with Gasteiger partial charge in [0.15, 0.2) is 0 Å². The molecule has 1 aromatic carbocycles. The van der Waals surface area contributed by atoms with Crippen molar-refractivity contribution in [2.45, 2.75) is 91.9 Å². The topological polar surface area (TPSA) is 26.3 Å². The Kier molecular flexibility index (Phi) is 7.00. The molecule has 1 aromatic rings. The van der Waals surface area contributed by atoms with Crippen LogP contribution in [0, 0.1) is 44.4 Å². The van der Waals surface area contributed by atoms with Crippen LogP contribution >= 0.6 is 0 Å². The van der Waals surface area contributed by atoms with Gasteiger partial charge in [0.2, 0.25) is 0 Å². The van der Waals surface area contributed by atoms with E-state index in [0.717, 1.165) is 30.6 Å². The standard InChI is InChI=1S/C25H38O2/c1-17-5-7-21(8-6-17)9-10-22-11-13-23(14-12-22)25(26)27-24-15-18(2)20(4)19(3)16-24/h15-17,21-23H,5-14H2,1-4H3. The minimum Gasteiger partial charge on any atom is -0.426 e. The first-order valence-electron chi connectivity index (χ1n) is 11.2. The fourth-order valence-electron chi connectivity index (χ4n) is 5.03. The third kappa shape index (κ3) is 5.59. The van der Waals surface area contributed by atoms with Crippen molar-refractivity contribution in [2.24, 2.45) is 23.7 Å². The number of aryl methyl sites for hydroxylation is 2. The van der Waals surface area contributed by atoms with Gasteiger partial charge in [-0.2, -0.15) is 0 Å². The van der Waals surface area contributed by atoms with E-state index in [-0.39, 0.29) is 11.9 Å². The minimum absolute atomic E-state index is 0.0163. The molecule has 150 valence electrons. The van der Waals surface area contributed by atoms with Crippen LogP contribution in [0.2, 0.25) is 0 Å². The highest BCUT2D eigenvalue weighted by atomic mass is 16.5. The molecular weight excluding hydrogens is 332 g/mol. The van der Waals surface area contributed by atoms with Gasteiger partial charge in [0, 0.05) is 0 Å². The molecule has 2 aliphatic rings. The third-order valence-electron chi connectivity index (χ3n) is 7.42. The van der Waals surface area contributed by atoms with E-state index in [0.29, 0.717) is 5.75 Å². The Hall–Kier alpha value is -1.31. The van der Waals surface area contributed by atoms with Gasteiger partial charge in [0.25, 0.3) is 0 Å². The molecule has 2 nitrogen and oxygen atoms in total. The Morgan fingerprint density at radius 2 is 1.33 bits per heavy atom. The van der Waals surface area contributed by atoms with Crippen molar-refractivity contribution in [1.29, 1.82) is 0 Å². The van der Waals surface area contributed by atoms with Crippen molar-refractivity contribution in [3.05, 3.63) is 28.8 Å². The Labute approximate surface area is 166 Å². The second kappa shape index (κ2) is 9.26. The molecule has 2 aliphatic carbocycles. The summed E-state index contributed by atoms with van der Waals surface area (Å²) in [5, 5.41) is 0. The largest absolute Gasteiger partial charge is 0.426 e. The third-order valence-corrected chi connectivity index (χ3v) is 7.42. The van der Waals surface area contributed by atoms with E-state index in [1.165, 1.54) is 68.1 Å². The average Bonchev–Trinajstić information content (AvgIpc) is 2.66. The van der Waals surface area contributed by atoms with Gasteiger partial charge >= 0.3 is 5.97 Å². The van der Waals surface area contributed by atoms with Crippen molar-refractivity contribution >= 4 is 5.97 Å².